The molecule has 1 unspecified atom stereocenters. The molecular weight excluding hydrogens is 508 g/mol. The van der Waals surface area contributed by atoms with Gasteiger partial charge in [0.1, 0.15) is 22.9 Å². The summed E-state index contributed by atoms with van der Waals surface area (Å²) in [5.41, 5.74) is 3.36. The highest BCUT2D eigenvalue weighted by atomic mass is 19.1. The van der Waals surface area contributed by atoms with E-state index in [1.165, 1.54) is 12.1 Å². The zero-order chi connectivity index (χ0) is 27.7. The van der Waals surface area contributed by atoms with Gasteiger partial charge in [-0.05, 0) is 49.2 Å². The van der Waals surface area contributed by atoms with Crippen LogP contribution < -0.4 is 14.3 Å². The van der Waals surface area contributed by atoms with Crippen molar-refractivity contribution in [2.24, 2.45) is 10.1 Å². The Morgan fingerprint density at radius 3 is 2.42 bits per heavy atom. The monoisotopic (exact) mass is 538 g/mol. The van der Waals surface area contributed by atoms with E-state index in [1.54, 1.807) is 24.3 Å². The summed E-state index contributed by atoms with van der Waals surface area (Å²) in [5.74, 6) is 0.682. The quantitative estimate of drug-likeness (QED) is 0.176. The lowest BCUT2D eigenvalue weighted by atomic mass is 9.92. The average Bonchev–Trinajstić information content (AvgIpc) is 2.97. The average molecular weight is 538 g/mol. The van der Waals surface area contributed by atoms with Crippen molar-refractivity contribution in [3.63, 3.8) is 0 Å². The third-order valence-corrected chi connectivity index (χ3v) is 7.29. The van der Waals surface area contributed by atoms with Crippen LogP contribution in [-0.4, -0.2) is 26.0 Å². The molecule has 204 valence electrons. The van der Waals surface area contributed by atoms with E-state index in [0.29, 0.717) is 16.8 Å². The van der Waals surface area contributed by atoms with Crippen LogP contribution in [0.4, 0.5) is 15.7 Å². The van der Waals surface area contributed by atoms with Crippen LogP contribution in [0.25, 0.3) is 21.9 Å². The number of carbonyl (C=O) groups excluding carboxylic acids is 1. The van der Waals surface area contributed by atoms with Gasteiger partial charge in [0, 0.05) is 46.7 Å². The third kappa shape index (κ3) is 4.76. The number of fused-ring (bicyclic) bond motifs is 4. The van der Waals surface area contributed by atoms with Crippen LogP contribution in [0.3, 0.4) is 0 Å². The molecule has 2 aliphatic rings. The summed E-state index contributed by atoms with van der Waals surface area (Å²) in [7, 11) is 0. The van der Waals surface area contributed by atoms with E-state index in [-0.39, 0.29) is 11.3 Å². The van der Waals surface area contributed by atoms with Crippen molar-refractivity contribution in [3.8, 4) is 28.4 Å². The fraction of sp³-hybridized carbons (Fsp3) is 0.258. The Balaban J connectivity index is 1.38. The second-order valence-corrected chi connectivity index (χ2v) is 10.1. The molecule has 0 aromatic heterocycles. The van der Waals surface area contributed by atoms with Crippen molar-refractivity contribution >= 4 is 35.1 Å². The van der Waals surface area contributed by atoms with Gasteiger partial charge in [-0.15, -0.1) is 0 Å². The van der Waals surface area contributed by atoms with Crippen LogP contribution in [0.15, 0.2) is 82.9 Å². The Bertz CT molecular complexity index is 1610. The van der Waals surface area contributed by atoms with Gasteiger partial charge in [-0.1, -0.05) is 57.0 Å². The fourth-order valence-corrected chi connectivity index (χ4v) is 5.23. The van der Waals surface area contributed by atoms with Gasteiger partial charge in [0.15, 0.2) is 0 Å². The number of benzene rings is 4. The minimum absolute atomic E-state index is 0.155. The molecule has 0 saturated carbocycles. The van der Waals surface area contributed by atoms with E-state index in [9.17, 15) is 4.79 Å². The molecule has 0 spiro atoms. The maximum absolute atomic E-state index is 15.7. The minimum Gasteiger partial charge on any atom is -0.634 e. The van der Waals surface area contributed by atoms with E-state index in [2.05, 4.69) is 41.0 Å². The molecule has 4 aromatic rings. The first-order valence-electron chi connectivity index (χ1n) is 13.9. The van der Waals surface area contributed by atoms with Gasteiger partial charge in [0.05, 0.1) is 5.56 Å². The van der Waals surface area contributed by atoms with Gasteiger partial charge in [-0.3, -0.25) is 9.82 Å². The normalized spacial score (nSPS) is 16.5. The summed E-state index contributed by atoms with van der Waals surface area (Å²) >= 11 is 0. The fourth-order valence-electron chi connectivity index (χ4n) is 5.23. The van der Waals surface area contributed by atoms with E-state index < -0.39 is 12.9 Å². The van der Waals surface area contributed by atoms with Crippen LogP contribution in [0.1, 0.15) is 49.9 Å². The Labute approximate surface area is 232 Å². The summed E-state index contributed by atoms with van der Waals surface area (Å²) < 4.78 is 32.8. The van der Waals surface area contributed by atoms with E-state index in [1.807, 2.05) is 24.3 Å². The zero-order valence-electron chi connectivity index (χ0n) is 22.6. The first-order valence-corrected chi connectivity index (χ1v) is 13.9. The van der Waals surface area contributed by atoms with Gasteiger partial charge in [0.2, 0.25) is 0 Å². The molecule has 0 bridgehead atoms. The zero-order valence-corrected chi connectivity index (χ0v) is 22.6. The Morgan fingerprint density at radius 1 is 0.900 bits per heavy atom. The summed E-state index contributed by atoms with van der Waals surface area (Å²) in [6.45, 7) is 2.49. The van der Waals surface area contributed by atoms with Crippen LogP contribution in [-0.2, 0) is 4.65 Å². The molecule has 7 nitrogen and oxygen atoms in total. The predicted octanol–water partition coefficient (Wildman–Crippen LogP) is 8.76. The third-order valence-electron chi connectivity index (χ3n) is 7.29. The van der Waals surface area contributed by atoms with E-state index >= 15 is 4.32 Å². The molecule has 0 saturated heterocycles. The van der Waals surface area contributed by atoms with Gasteiger partial charge in [-0.25, -0.2) is 0 Å². The summed E-state index contributed by atoms with van der Waals surface area (Å²) in [6, 6.07) is 21.8. The van der Waals surface area contributed by atoms with Gasteiger partial charge < -0.3 is 23.3 Å². The highest BCUT2D eigenvalue weighted by molar-refractivity contribution is 6.61. The lowest BCUT2D eigenvalue weighted by Crippen LogP contribution is -2.42. The lowest BCUT2D eigenvalue weighted by molar-refractivity contribution is 0.0644. The Kier molecular flexibility index (Phi) is 6.88. The largest absolute Gasteiger partial charge is 0.683 e. The molecular formula is C31H30BFN3O4-. The number of halogens is 1. The van der Waals surface area contributed by atoms with Crippen molar-refractivity contribution in [3.05, 3.63) is 78.4 Å². The van der Waals surface area contributed by atoms with Gasteiger partial charge in [-0.2, -0.15) is 5.11 Å². The molecule has 0 amide bonds. The van der Waals surface area contributed by atoms with Crippen molar-refractivity contribution in [2.45, 2.75) is 39.5 Å². The van der Waals surface area contributed by atoms with Gasteiger partial charge in [0.25, 0.3) is 5.97 Å². The molecule has 0 radical (unpaired) electrons. The van der Waals surface area contributed by atoms with Gasteiger partial charge >= 0.3 is 6.96 Å². The standard InChI is InChI=1S/C31H30BFN3O4/c1-3-5-17-36(18-6-4-2)22-15-16-23-25-20-28-30(24-13-10-14-26(29(24)25)38-27(23)19-22)34-35-32(33,39-28)40-31(37)21-11-8-7-9-12-21/h7-16,19-20H,3-6,17-18H2,1-2H3/q-1. The molecule has 1 atom stereocenters. The SMILES string of the molecule is CCCCN(CCCC)c1ccc2c(c1)Oc1cccc3c4c(cc-2c13)O[B-](F)(OC(=O)c1ccccc1)N=N4. The number of anilines is 1. The number of hydrogen-bond acceptors (Lipinski definition) is 7. The van der Waals surface area contributed by atoms with Crippen LogP contribution >= 0.6 is 0 Å². The molecule has 6 rings (SSSR count). The first-order chi connectivity index (χ1) is 19.5. The number of rotatable bonds is 9. The highest BCUT2D eigenvalue weighted by Crippen LogP contribution is 2.53. The Hall–Kier alpha value is -4.40. The highest BCUT2D eigenvalue weighted by Gasteiger charge is 2.40. The molecule has 2 heterocycles. The van der Waals surface area contributed by atoms with Crippen LogP contribution in [0, 0.1) is 0 Å². The maximum atomic E-state index is 15.7. The smallest absolute Gasteiger partial charge is 0.634 e. The van der Waals surface area contributed by atoms with Crippen molar-refractivity contribution < 1.29 is 23.2 Å². The van der Waals surface area contributed by atoms with Crippen molar-refractivity contribution in [1.29, 1.82) is 0 Å². The summed E-state index contributed by atoms with van der Waals surface area (Å²) in [4.78, 5) is 15.0. The summed E-state index contributed by atoms with van der Waals surface area (Å²) in [6.07, 6.45) is 4.48. The molecule has 0 N–H and O–H groups in total. The number of hydrogen-bond donors (Lipinski definition) is 0. The number of ether oxygens (including phenoxy) is 1. The summed E-state index contributed by atoms with van der Waals surface area (Å²) in [5, 5.41) is 9.34. The molecule has 0 fully saturated rings. The number of nitrogens with zero attached hydrogens (tertiary/aromatic N) is 3. The molecule has 0 aliphatic carbocycles. The topological polar surface area (TPSA) is 72.7 Å². The molecule has 2 aliphatic heterocycles. The molecule has 9 heteroatoms. The van der Waals surface area contributed by atoms with Crippen LogP contribution in [0.2, 0.25) is 0 Å². The number of unbranched alkanes of at least 4 members (excludes halogenated alkanes) is 2. The second-order valence-electron chi connectivity index (χ2n) is 10.1. The first kappa shape index (κ1) is 25.9. The van der Waals surface area contributed by atoms with Crippen molar-refractivity contribution in [1.82, 2.24) is 0 Å². The second kappa shape index (κ2) is 10.6. The minimum atomic E-state index is -3.87. The maximum Gasteiger partial charge on any atom is 0.683 e. The number of carbonyl (C=O) groups is 1. The lowest BCUT2D eigenvalue weighted by Gasteiger charge is -2.34. The van der Waals surface area contributed by atoms with E-state index in [4.69, 9.17) is 14.0 Å². The van der Waals surface area contributed by atoms with E-state index in [0.717, 1.165) is 66.7 Å². The van der Waals surface area contributed by atoms with Crippen LogP contribution in [0.5, 0.6) is 17.2 Å². The van der Waals surface area contributed by atoms with Crippen molar-refractivity contribution in [2.75, 3.05) is 18.0 Å². The predicted molar refractivity (Wildman–Crippen MR) is 155 cm³/mol. The molecule has 4 aromatic carbocycles. The Morgan fingerprint density at radius 2 is 1.68 bits per heavy atom. The molecule has 40 heavy (non-hydrogen) atoms.